The molecule has 1 aliphatic heterocycles. The van der Waals surface area contributed by atoms with Crippen molar-refractivity contribution in [3.05, 3.63) is 92.1 Å². The standard InChI is InChI=1S/C23H18ClNO3S/c1-13-8-9-14(2)17(11-13)21(26)19-20(18-7-4-10-29-18)25(23(28)22(19)27)16-6-3-5-15(24)12-16/h3-12,20,26H,1-2H3/b21-19-. The third-order valence-electron chi connectivity index (χ3n) is 4.99. The first-order valence-corrected chi connectivity index (χ1v) is 10.3. The lowest BCUT2D eigenvalue weighted by atomic mass is 9.96. The first-order chi connectivity index (χ1) is 13.9. The molecule has 1 aromatic heterocycles. The molecule has 3 aromatic rings. The van der Waals surface area contributed by atoms with Crippen LogP contribution in [0, 0.1) is 13.8 Å². The van der Waals surface area contributed by atoms with E-state index in [9.17, 15) is 14.7 Å². The number of aliphatic hydroxyl groups excluding tert-OH is 1. The summed E-state index contributed by atoms with van der Waals surface area (Å²) in [6.07, 6.45) is 0. The Bertz CT molecular complexity index is 1150. The van der Waals surface area contributed by atoms with Crippen molar-refractivity contribution < 1.29 is 14.7 Å². The zero-order valence-corrected chi connectivity index (χ0v) is 17.4. The predicted molar refractivity (Wildman–Crippen MR) is 116 cm³/mol. The van der Waals surface area contributed by atoms with Gasteiger partial charge in [0.15, 0.2) is 0 Å². The summed E-state index contributed by atoms with van der Waals surface area (Å²) in [4.78, 5) is 28.3. The Morgan fingerprint density at radius 2 is 1.86 bits per heavy atom. The van der Waals surface area contributed by atoms with Crippen LogP contribution in [0.15, 0.2) is 65.6 Å². The zero-order chi connectivity index (χ0) is 20.7. The molecule has 0 radical (unpaired) electrons. The lowest BCUT2D eigenvalue weighted by molar-refractivity contribution is -0.132. The Balaban J connectivity index is 1.97. The molecule has 1 amide bonds. The van der Waals surface area contributed by atoms with Crippen LogP contribution in [0.25, 0.3) is 5.76 Å². The van der Waals surface area contributed by atoms with Gasteiger partial charge in [-0.1, -0.05) is 41.4 Å². The van der Waals surface area contributed by atoms with Gasteiger partial charge in [0.1, 0.15) is 11.8 Å². The number of benzene rings is 2. The van der Waals surface area contributed by atoms with E-state index in [1.54, 1.807) is 24.3 Å². The van der Waals surface area contributed by atoms with Crippen LogP contribution in [0.3, 0.4) is 0 Å². The van der Waals surface area contributed by atoms with E-state index in [1.807, 2.05) is 49.6 Å². The molecule has 2 heterocycles. The molecule has 4 nitrogen and oxygen atoms in total. The van der Waals surface area contributed by atoms with Crippen LogP contribution in [0.5, 0.6) is 0 Å². The van der Waals surface area contributed by atoms with Crippen molar-refractivity contribution in [2.75, 3.05) is 4.90 Å². The third-order valence-corrected chi connectivity index (χ3v) is 6.15. The molecule has 1 saturated heterocycles. The average molecular weight is 424 g/mol. The summed E-state index contributed by atoms with van der Waals surface area (Å²) in [7, 11) is 0. The average Bonchev–Trinajstić information content (AvgIpc) is 3.30. The van der Waals surface area contributed by atoms with Gasteiger partial charge in [-0.25, -0.2) is 0 Å². The van der Waals surface area contributed by atoms with Crippen molar-refractivity contribution in [2.45, 2.75) is 19.9 Å². The monoisotopic (exact) mass is 423 g/mol. The van der Waals surface area contributed by atoms with Crippen molar-refractivity contribution in [2.24, 2.45) is 0 Å². The normalized spacial score (nSPS) is 18.4. The summed E-state index contributed by atoms with van der Waals surface area (Å²) < 4.78 is 0. The molecular formula is C23H18ClNO3S. The number of hydrogen-bond donors (Lipinski definition) is 1. The minimum absolute atomic E-state index is 0.0890. The number of aliphatic hydroxyl groups is 1. The number of anilines is 1. The Hall–Kier alpha value is -2.89. The fraction of sp³-hybridized carbons (Fsp3) is 0.130. The van der Waals surface area contributed by atoms with Gasteiger partial charge in [-0.2, -0.15) is 0 Å². The molecule has 6 heteroatoms. The predicted octanol–water partition coefficient (Wildman–Crippen LogP) is 5.64. The molecule has 0 saturated carbocycles. The molecular weight excluding hydrogens is 406 g/mol. The summed E-state index contributed by atoms with van der Waals surface area (Å²) in [6, 6.07) is 15.5. The van der Waals surface area contributed by atoms with Gasteiger partial charge >= 0.3 is 0 Å². The second-order valence-electron chi connectivity index (χ2n) is 6.98. The van der Waals surface area contributed by atoms with E-state index < -0.39 is 17.7 Å². The minimum Gasteiger partial charge on any atom is -0.507 e. The number of hydrogen-bond acceptors (Lipinski definition) is 4. The van der Waals surface area contributed by atoms with Gasteiger partial charge in [-0.15, -0.1) is 11.3 Å². The second kappa shape index (κ2) is 7.50. The molecule has 0 aliphatic carbocycles. The smallest absolute Gasteiger partial charge is 0.300 e. The third kappa shape index (κ3) is 3.37. The van der Waals surface area contributed by atoms with Crippen molar-refractivity contribution in [3.8, 4) is 0 Å². The number of rotatable bonds is 3. The maximum absolute atomic E-state index is 13.1. The number of aryl methyl sites for hydroxylation is 2. The number of thiophene rings is 1. The van der Waals surface area contributed by atoms with E-state index >= 15 is 0 Å². The number of carbonyl (C=O) groups is 2. The van der Waals surface area contributed by atoms with Crippen LogP contribution in [0.2, 0.25) is 5.02 Å². The summed E-state index contributed by atoms with van der Waals surface area (Å²) in [5.41, 5.74) is 2.93. The number of amides is 1. The van der Waals surface area contributed by atoms with Gasteiger partial charge in [0.2, 0.25) is 0 Å². The van der Waals surface area contributed by atoms with Gasteiger partial charge < -0.3 is 5.11 Å². The van der Waals surface area contributed by atoms with Crippen molar-refractivity contribution >= 4 is 46.1 Å². The Morgan fingerprint density at radius 3 is 2.55 bits per heavy atom. The number of halogens is 1. The number of nitrogens with zero attached hydrogens (tertiary/aromatic N) is 1. The Morgan fingerprint density at radius 1 is 1.07 bits per heavy atom. The van der Waals surface area contributed by atoms with E-state index in [2.05, 4.69) is 0 Å². The molecule has 1 N–H and O–H groups in total. The molecule has 1 atom stereocenters. The van der Waals surface area contributed by atoms with Gasteiger partial charge in [-0.3, -0.25) is 14.5 Å². The number of ketones is 1. The largest absolute Gasteiger partial charge is 0.507 e. The Labute approximate surface area is 177 Å². The molecule has 1 aliphatic rings. The van der Waals surface area contributed by atoms with E-state index in [-0.39, 0.29) is 11.3 Å². The molecule has 4 rings (SSSR count). The topological polar surface area (TPSA) is 57.6 Å². The SMILES string of the molecule is Cc1ccc(C)c(/C(O)=C2/C(=O)C(=O)N(c3cccc(Cl)c3)C2c2cccs2)c1. The van der Waals surface area contributed by atoms with Crippen molar-refractivity contribution in [3.63, 3.8) is 0 Å². The van der Waals surface area contributed by atoms with E-state index in [0.717, 1.165) is 16.0 Å². The molecule has 0 spiro atoms. The van der Waals surface area contributed by atoms with Crippen LogP contribution in [0.4, 0.5) is 5.69 Å². The van der Waals surface area contributed by atoms with Gasteiger partial charge in [-0.05, 0) is 55.1 Å². The van der Waals surface area contributed by atoms with Crippen LogP contribution in [-0.2, 0) is 9.59 Å². The summed E-state index contributed by atoms with van der Waals surface area (Å²) >= 11 is 7.56. The van der Waals surface area contributed by atoms with Crippen LogP contribution < -0.4 is 4.90 Å². The second-order valence-corrected chi connectivity index (χ2v) is 8.40. The highest BCUT2D eigenvalue weighted by Gasteiger charge is 2.47. The van der Waals surface area contributed by atoms with Gasteiger partial charge in [0.05, 0.1) is 5.57 Å². The lowest BCUT2D eigenvalue weighted by Gasteiger charge is -2.24. The van der Waals surface area contributed by atoms with Crippen molar-refractivity contribution in [1.29, 1.82) is 0 Å². The quantitative estimate of drug-likeness (QED) is 0.336. The van der Waals surface area contributed by atoms with E-state index in [0.29, 0.717) is 16.3 Å². The van der Waals surface area contributed by atoms with Crippen LogP contribution in [-0.4, -0.2) is 16.8 Å². The van der Waals surface area contributed by atoms with Gasteiger partial charge in [0.25, 0.3) is 11.7 Å². The molecule has 29 heavy (non-hydrogen) atoms. The Kier molecular flexibility index (Phi) is 5.03. The molecule has 1 unspecified atom stereocenters. The first kappa shape index (κ1) is 19.4. The highest BCUT2D eigenvalue weighted by atomic mass is 35.5. The van der Waals surface area contributed by atoms with E-state index in [4.69, 9.17) is 11.6 Å². The fourth-order valence-electron chi connectivity index (χ4n) is 3.58. The maximum atomic E-state index is 13.1. The number of Topliss-reactive ketones (excluding diaryl/α,β-unsaturated/α-hetero) is 1. The maximum Gasteiger partial charge on any atom is 0.300 e. The van der Waals surface area contributed by atoms with Crippen LogP contribution >= 0.6 is 22.9 Å². The summed E-state index contributed by atoms with van der Waals surface area (Å²) in [5.74, 6) is -1.55. The lowest BCUT2D eigenvalue weighted by Crippen LogP contribution is -2.29. The number of carbonyl (C=O) groups excluding carboxylic acids is 2. The molecule has 1 fully saturated rings. The first-order valence-electron chi connectivity index (χ1n) is 9.06. The highest BCUT2D eigenvalue weighted by Crippen LogP contribution is 2.44. The molecule has 146 valence electrons. The highest BCUT2D eigenvalue weighted by molar-refractivity contribution is 7.10. The van der Waals surface area contributed by atoms with Crippen molar-refractivity contribution in [1.82, 2.24) is 0 Å². The van der Waals surface area contributed by atoms with Crippen LogP contribution in [0.1, 0.15) is 27.6 Å². The summed E-state index contributed by atoms with van der Waals surface area (Å²) in [5, 5.41) is 13.5. The minimum atomic E-state index is -0.714. The zero-order valence-electron chi connectivity index (χ0n) is 15.8. The summed E-state index contributed by atoms with van der Waals surface area (Å²) in [6.45, 7) is 3.78. The molecule has 2 aromatic carbocycles. The van der Waals surface area contributed by atoms with E-state index in [1.165, 1.54) is 16.2 Å². The fourth-order valence-corrected chi connectivity index (χ4v) is 4.58. The van der Waals surface area contributed by atoms with Gasteiger partial charge in [0, 0.05) is 21.2 Å². The molecule has 0 bridgehead atoms.